The van der Waals surface area contributed by atoms with Crippen molar-refractivity contribution in [3.63, 3.8) is 0 Å². The first-order chi connectivity index (χ1) is 10.1. The molecule has 1 heterocycles. The van der Waals surface area contributed by atoms with Gasteiger partial charge in [-0.3, -0.25) is 4.79 Å². The Labute approximate surface area is 124 Å². The Morgan fingerprint density at radius 1 is 1.43 bits per heavy atom. The van der Waals surface area contributed by atoms with Gasteiger partial charge in [-0.05, 0) is 38.0 Å². The zero-order valence-electron chi connectivity index (χ0n) is 12.4. The molecule has 0 bridgehead atoms. The van der Waals surface area contributed by atoms with Gasteiger partial charge in [-0.1, -0.05) is 0 Å². The standard InChI is InChI=1S/C15H22N2O4/c1-10(21-12-5-7-20-8-6-12)15(18)17-13-9-11(16)3-4-14(13)19-2/h3-4,9-10,12H,5-8,16H2,1-2H3,(H,17,18). The first-order valence-corrected chi connectivity index (χ1v) is 7.07. The molecule has 6 nitrogen and oxygen atoms in total. The molecule has 0 spiro atoms. The minimum Gasteiger partial charge on any atom is -0.495 e. The van der Waals surface area contributed by atoms with Crippen molar-refractivity contribution in [1.29, 1.82) is 0 Å². The molecule has 1 amide bonds. The van der Waals surface area contributed by atoms with Gasteiger partial charge in [-0.2, -0.15) is 0 Å². The Hall–Kier alpha value is -1.79. The number of nitrogens with two attached hydrogens (primary N) is 1. The molecule has 0 saturated carbocycles. The lowest BCUT2D eigenvalue weighted by Crippen LogP contribution is -2.34. The highest BCUT2D eigenvalue weighted by atomic mass is 16.5. The number of nitrogen functional groups attached to an aromatic ring is 1. The van der Waals surface area contributed by atoms with Gasteiger partial charge in [-0.25, -0.2) is 0 Å². The van der Waals surface area contributed by atoms with Crippen molar-refractivity contribution in [2.45, 2.75) is 32.0 Å². The zero-order chi connectivity index (χ0) is 15.2. The maximum absolute atomic E-state index is 12.2. The third kappa shape index (κ3) is 4.34. The Balaban J connectivity index is 1.95. The molecule has 3 N–H and O–H groups in total. The number of nitrogens with one attached hydrogen (secondary N) is 1. The first kappa shape index (κ1) is 15.6. The molecule has 1 aromatic rings. The second kappa shape index (κ2) is 7.28. The molecule has 0 aliphatic carbocycles. The van der Waals surface area contributed by atoms with Crippen molar-refractivity contribution in [1.82, 2.24) is 0 Å². The smallest absolute Gasteiger partial charge is 0.253 e. The maximum Gasteiger partial charge on any atom is 0.253 e. The summed E-state index contributed by atoms with van der Waals surface area (Å²) >= 11 is 0. The molecule has 1 atom stereocenters. The molecule has 2 rings (SSSR count). The monoisotopic (exact) mass is 294 g/mol. The van der Waals surface area contributed by atoms with Crippen LogP contribution in [0.4, 0.5) is 11.4 Å². The van der Waals surface area contributed by atoms with E-state index in [1.807, 2.05) is 0 Å². The Morgan fingerprint density at radius 2 is 2.14 bits per heavy atom. The Kier molecular flexibility index (Phi) is 5.41. The molecule has 6 heteroatoms. The molecule has 0 aromatic heterocycles. The van der Waals surface area contributed by atoms with E-state index in [4.69, 9.17) is 19.9 Å². The predicted molar refractivity (Wildman–Crippen MR) is 80.4 cm³/mol. The first-order valence-electron chi connectivity index (χ1n) is 7.07. The topological polar surface area (TPSA) is 82.8 Å². The fourth-order valence-electron chi connectivity index (χ4n) is 2.22. The largest absolute Gasteiger partial charge is 0.495 e. The molecule has 116 valence electrons. The molecule has 1 aliphatic rings. The normalized spacial score (nSPS) is 17.2. The van der Waals surface area contributed by atoms with Crippen LogP contribution in [-0.4, -0.2) is 38.4 Å². The van der Waals surface area contributed by atoms with E-state index in [0.717, 1.165) is 12.8 Å². The van der Waals surface area contributed by atoms with Crippen LogP contribution in [0.15, 0.2) is 18.2 Å². The SMILES string of the molecule is COc1ccc(N)cc1NC(=O)C(C)OC1CCOCC1. The molecule has 1 unspecified atom stereocenters. The van der Waals surface area contributed by atoms with Crippen LogP contribution < -0.4 is 15.8 Å². The zero-order valence-corrected chi connectivity index (χ0v) is 12.4. The minimum absolute atomic E-state index is 0.0715. The van der Waals surface area contributed by atoms with Crippen LogP contribution >= 0.6 is 0 Å². The third-order valence-corrected chi connectivity index (χ3v) is 3.42. The van der Waals surface area contributed by atoms with Gasteiger partial charge in [0.25, 0.3) is 5.91 Å². The average Bonchev–Trinajstić information content (AvgIpc) is 2.48. The second-order valence-electron chi connectivity index (χ2n) is 5.04. The number of benzene rings is 1. The van der Waals surface area contributed by atoms with Gasteiger partial charge in [0.2, 0.25) is 0 Å². The lowest BCUT2D eigenvalue weighted by molar-refractivity contribution is -0.133. The van der Waals surface area contributed by atoms with E-state index in [9.17, 15) is 4.79 Å². The number of anilines is 2. The molecule has 0 radical (unpaired) electrons. The van der Waals surface area contributed by atoms with Crippen molar-refractivity contribution in [3.05, 3.63) is 18.2 Å². The van der Waals surface area contributed by atoms with Gasteiger partial charge in [0, 0.05) is 18.9 Å². The Morgan fingerprint density at radius 3 is 2.81 bits per heavy atom. The summed E-state index contributed by atoms with van der Waals surface area (Å²) < 4.78 is 16.2. The van der Waals surface area contributed by atoms with E-state index in [-0.39, 0.29) is 12.0 Å². The highest BCUT2D eigenvalue weighted by Gasteiger charge is 2.22. The maximum atomic E-state index is 12.2. The summed E-state index contributed by atoms with van der Waals surface area (Å²) in [4.78, 5) is 12.2. The lowest BCUT2D eigenvalue weighted by Gasteiger charge is -2.25. The average molecular weight is 294 g/mol. The summed E-state index contributed by atoms with van der Waals surface area (Å²) in [6.07, 6.45) is 1.17. The Bertz CT molecular complexity index is 487. The van der Waals surface area contributed by atoms with Crippen LogP contribution in [0.3, 0.4) is 0 Å². The van der Waals surface area contributed by atoms with Crippen molar-refractivity contribution in [2.75, 3.05) is 31.4 Å². The third-order valence-electron chi connectivity index (χ3n) is 3.42. The summed E-state index contributed by atoms with van der Waals surface area (Å²) in [5.74, 6) is 0.348. The number of hydrogen-bond acceptors (Lipinski definition) is 5. The van der Waals surface area contributed by atoms with E-state index < -0.39 is 6.10 Å². The highest BCUT2D eigenvalue weighted by molar-refractivity contribution is 5.95. The number of carbonyl (C=O) groups excluding carboxylic acids is 1. The molecular weight excluding hydrogens is 272 g/mol. The van der Waals surface area contributed by atoms with Gasteiger partial charge in [0.15, 0.2) is 0 Å². The van der Waals surface area contributed by atoms with Gasteiger partial charge >= 0.3 is 0 Å². The number of rotatable bonds is 5. The molecular formula is C15H22N2O4. The van der Waals surface area contributed by atoms with Crippen LogP contribution in [0, 0.1) is 0 Å². The van der Waals surface area contributed by atoms with E-state index in [0.29, 0.717) is 30.3 Å². The predicted octanol–water partition coefficient (Wildman–Crippen LogP) is 1.80. The number of methoxy groups -OCH3 is 1. The van der Waals surface area contributed by atoms with Gasteiger partial charge in [-0.15, -0.1) is 0 Å². The minimum atomic E-state index is -0.542. The number of carbonyl (C=O) groups is 1. The fourth-order valence-corrected chi connectivity index (χ4v) is 2.22. The quantitative estimate of drug-likeness (QED) is 0.809. The van der Waals surface area contributed by atoms with Crippen molar-refractivity contribution >= 4 is 17.3 Å². The summed E-state index contributed by atoms with van der Waals surface area (Å²) in [6.45, 7) is 3.10. The molecule has 1 saturated heterocycles. The van der Waals surface area contributed by atoms with Crippen molar-refractivity contribution < 1.29 is 19.0 Å². The van der Waals surface area contributed by atoms with Crippen LogP contribution in [0.25, 0.3) is 0 Å². The van der Waals surface area contributed by atoms with E-state index in [1.165, 1.54) is 0 Å². The molecule has 1 aromatic carbocycles. The van der Waals surface area contributed by atoms with E-state index in [1.54, 1.807) is 32.2 Å². The summed E-state index contributed by atoms with van der Waals surface area (Å²) in [7, 11) is 1.54. The van der Waals surface area contributed by atoms with Crippen molar-refractivity contribution in [2.24, 2.45) is 0 Å². The number of hydrogen-bond donors (Lipinski definition) is 2. The van der Waals surface area contributed by atoms with E-state index in [2.05, 4.69) is 5.32 Å². The summed E-state index contributed by atoms with van der Waals surface area (Å²) in [5.41, 5.74) is 6.84. The van der Waals surface area contributed by atoms with Crippen LogP contribution in [-0.2, 0) is 14.3 Å². The van der Waals surface area contributed by atoms with Crippen LogP contribution in [0.5, 0.6) is 5.75 Å². The summed E-state index contributed by atoms with van der Waals surface area (Å²) in [6, 6.07) is 5.10. The second-order valence-corrected chi connectivity index (χ2v) is 5.04. The number of ether oxygens (including phenoxy) is 3. The van der Waals surface area contributed by atoms with Gasteiger partial charge in [0.1, 0.15) is 11.9 Å². The highest BCUT2D eigenvalue weighted by Crippen LogP contribution is 2.26. The van der Waals surface area contributed by atoms with Gasteiger partial charge < -0.3 is 25.3 Å². The molecule has 1 fully saturated rings. The van der Waals surface area contributed by atoms with Crippen LogP contribution in [0.2, 0.25) is 0 Å². The van der Waals surface area contributed by atoms with Crippen molar-refractivity contribution in [3.8, 4) is 5.75 Å². The number of amides is 1. The van der Waals surface area contributed by atoms with Crippen LogP contribution in [0.1, 0.15) is 19.8 Å². The van der Waals surface area contributed by atoms with Gasteiger partial charge in [0.05, 0.1) is 18.9 Å². The molecule has 21 heavy (non-hydrogen) atoms. The van der Waals surface area contributed by atoms with E-state index >= 15 is 0 Å². The lowest BCUT2D eigenvalue weighted by atomic mass is 10.1. The fraction of sp³-hybridized carbons (Fsp3) is 0.533. The summed E-state index contributed by atoms with van der Waals surface area (Å²) in [5, 5.41) is 2.79. The molecule has 1 aliphatic heterocycles.